The van der Waals surface area contributed by atoms with Gasteiger partial charge in [-0.15, -0.1) is 0 Å². The van der Waals surface area contributed by atoms with E-state index in [9.17, 15) is 9.59 Å². The zero-order chi connectivity index (χ0) is 18.3. The lowest BCUT2D eigenvalue weighted by Gasteiger charge is -2.08. The van der Waals surface area contributed by atoms with Crippen LogP contribution in [0.15, 0.2) is 36.5 Å². The van der Waals surface area contributed by atoms with Crippen LogP contribution >= 0.6 is 0 Å². The van der Waals surface area contributed by atoms with Crippen LogP contribution in [0.4, 0.5) is 0 Å². The van der Waals surface area contributed by atoms with Crippen molar-refractivity contribution in [3.8, 4) is 0 Å². The Morgan fingerprint density at radius 2 is 1.92 bits per heavy atom. The summed E-state index contributed by atoms with van der Waals surface area (Å²) in [7, 11) is 0. The molecule has 0 N–H and O–H groups in total. The molecule has 1 saturated carbocycles. The fourth-order valence-corrected chi connectivity index (χ4v) is 3.29. The molecular weight excluding hydrogens is 330 g/mol. The van der Waals surface area contributed by atoms with Crippen molar-refractivity contribution in [1.29, 1.82) is 0 Å². The van der Waals surface area contributed by atoms with Crippen molar-refractivity contribution >= 4 is 22.8 Å². The molecule has 0 unspecified atom stereocenters. The van der Waals surface area contributed by atoms with Crippen LogP contribution in [0.5, 0.6) is 0 Å². The molecule has 1 aliphatic rings. The summed E-state index contributed by atoms with van der Waals surface area (Å²) in [5.74, 6) is -0.847. The Balaban J connectivity index is 1.47. The fraction of sp³-hybridized carbons (Fsp3) is 0.300. The molecule has 0 bridgehead atoms. The number of para-hydroxylation sites is 2. The predicted octanol–water partition coefficient (Wildman–Crippen LogP) is 3.42. The Kier molecular flexibility index (Phi) is 4.03. The molecule has 6 nitrogen and oxygen atoms in total. The third-order valence-electron chi connectivity index (χ3n) is 4.69. The van der Waals surface area contributed by atoms with E-state index < -0.39 is 5.97 Å². The van der Waals surface area contributed by atoms with Gasteiger partial charge in [-0.1, -0.05) is 12.1 Å². The number of carbonyl (C=O) groups excluding carboxylic acids is 2. The van der Waals surface area contributed by atoms with E-state index in [0.29, 0.717) is 22.6 Å². The number of carbonyl (C=O) groups is 2. The van der Waals surface area contributed by atoms with E-state index in [1.807, 2.05) is 38.1 Å². The van der Waals surface area contributed by atoms with Crippen LogP contribution in [0.25, 0.3) is 11.0 Å². The van der Waals surface area contributed by atoms with E-state index in [1.165, 1.54) is 6.20 Å². The molecule has 0 aliphatic heterocycles. The topological polar surface area (TPSA) is 74.1 Å². The van der Waals surface area contributed by atoms with Crippen LogP contribution < -0.4 is 0 Å². The van der Waals surface area contributed by atoms with Crippen LogP contribution in [-0.2, 0) is 4.74 Å². The Hall–Kier alpha value is -3.02. The van der Waals surface area contributed by atoms with Gasteiger partial charge in [0.2, 0.25) is 5.78 Å². The first-order valence-electron chi connectivity index (χ1n) is 8.65. The van der Waals surface area contributed by atoms with Gasteiger partial charge in [-0.2, -0.15) is 0 Å². The molecule has 4 rings (SSSR count). The number of ketones is 1. The Morgan fingerprint density at radius 3 is 2.65 bits per heavy atom. The van der Waals surface area contributed by atoms with Crippen molar-refractivity contribution in [1.82, 2.24) is 14.5 Å². The minimum absolute atomic E-state index is 0.0972. The number of benzene rings is 1. The maximum absolute atomic E-state index is 12.5. The summed E-state index contributed by atoms with van der Waals surface area (Å²) in [4.78, 5) is 33.1. The average Bonchev–Trinajstić information content (AvgIpc) is 3.43. The summed E-state index contributed by atoms with van der Waals surface area (Å²) >= 11 is 0. The van der Waals surface area contributed by atoms with E-state index in [1.54, 1.807) is 6.07 Å². The normalized spacial score (nSPS) is 13.8. The summed E-state index contributed by atoms with van der Waals surface area (Å²) in [5, 5.41) is 0. The van der Waals surface area contributed by atoms with Crippen LogP contribution in [0.3, 0.4) is 0 Å². The lowest BCUT2D eigenvalue weighted by atomic mass is 10.1. The molecule has 0 radical (unpaired) electrons. The summed E-state index contributed by atoms with van der Waals surface area (Å²) in [6, 6.07) is 9.65. The molecule has 3 aromatic rings. The summed E-state index contributed by atoms with van der Waals surface area (Å²) in [5.41, 5.74) is 4.04. The number of aryl methyl sites for hydroxylation is 1. The molecule has 0 saturated heterocycles. The monoisotopic (exact) mass is 349 g/mol. The van der Waals surface area contributed by atoms with Gasteiger partial charge in [0.15, 0.2) is 12.3 Å². The van der Waals surface area contributed by atoms with Crippen molar-refractivity contribution in [3.63, 3.8) is 0 Å². The van der Waals surface area contributed by atoms with Crippen molar-refractivity contribution in [2.24, 2.45) is 0 Å². The lowest BCUT2D eigenvalue weighted by Crippen LogP contribution is -2.16. The molecule has 1 fully saturated rings. The van der Waals surface area contributed by atoms with Crippen molar-refractivity contribution < 1.29 is 14.3 Å². The molecule has 0 atom stereocenters. The molecule has 132 valence electrons. The zero-order valence-electron chi connectivity index (χ0n) is 14.7. The van der Waals surface area contributed by atoms with Crippen LogP contribution in [0.2, 0.25) is 0 Å². The highest BCUT2D eigenvalue weighted by molar-refractivity contribution is 6.00. The smallest absolute Gasteiger partial charge is 0.359 e. The van der Waals surface area contributed by atoms with Crippen LogP contribution in [0.1, 0.15) is 51.1 Å². The average molecular weight is 349 g/mol. The summed E-state index contributed by atoms with van der Waals surface area (Å²) in [6.07, 6.45) is 3.67. The standard InChI is InChI=1S/C20H19N3O3/c1-12-9-15(13(2)23(12)14-7-8-14)19(24)11-26-20(25)18-10-21-16-5-3-4-6-17(16)22-18/h3-6,9-10,14H,7-8,11H2,1-2H3. The largest absolute Gasteiger partial charge is 0.453 e. The number of Topliss-reactive ketones (excluding diaryl/α,β-unsaturated/α-hetero) is 1. The first-order valence-corrected chi connectivity index (χ1v) is 8.65. The number of rotatable bonds is 5. The Bertz CT molecular complexity index is 1020. The van der Waals surface area contributed by atoms with Gasteiger partial charge in [0.05, 0.1) is 17.2 Å². The van der Waals surface area contributed by atoms with Crippen LogP contribution in [0, 0.1) is 13.8 Å². The number of hydrogen-bond donors (Lipinski definition) is 0. The second kappa shape index (κ2) is 6.37. The fourth-order valence-electron chi connectivity index (χ4n) is 3.29. The van der Waals surface area contributed by atoms with Crippen molar-refractivity contribution in [2.75, 3.05) is 6.61 Å². The highest BCUT2D eigenvalue weighted by Crippen LogP contribution is 2.38. The Morgan fingerprint density at radius 1 is 1.19 bits per heavy atom. The molecular formula is C20H19N3O3. The van der Waals surface area contributed by atoms with E-state index in [4.69, 9.17) is 4.74 Å². The molecule has 2 aromatic heterocycles. The van der Waals surface area contributed by atoms with Crippen molar-refractivity contribution in [2.45, 2.75) is 32.7 Å². The second-order valence-electron chi connectivity index (χ2n) is 6.63. The second-order valence-corrected chi connectivity index (χ2v) is 6.63. The highest BCUT2D eigenvalue weighted by Gasteiger charge is 2.28. The van der Waals surface area contributed by atoms with Gasteiger partial charge in [0.25, 0.3) is 0 Å². The van der Waals surface area contributed by atoms with E-state index in [2.05, 4.69) is 14.5 Å². The predicted molar refractivity (Wildman–Crippen MR) is 96.3 cm³/mol. The molecule has 1 aromatic carbocycles. The third-order valence-corrected chi connectivity index (χ3v) is 4.69. The van der Waals surface area contributed by atoms with E-state index in [0.717, 1.165) is 24.2 Å². The van der Waals surface area contributed by atoms with Gasteiger partial charge >= 0.3 is 5.97 Å². The number of esters is 1. The van der Waals surface area contributed by atoms with Gasteiger partial charge in [-0.3, -0.25) is 9.78 Å². The SMILES string of the molecule is Cc1cc(C(=O)COC(=O)c2cnc3ccccc3n2)c(C)n1C1CC1. The number of fused-ring (bicyclic) bond motifs is 1. The first kappa shape index (κ1) is 16.4. The number of ether oxygens (including phenoxy) is 1. The first-order chi connectivity index (χ1) is 12.5. The third kappa shape index (κ3) is 2.98. The van der Waals surface area contributed by atoms with Gasteiger partial charge < -0.3 is 9.30 Å². The maximum atomic E-state index is 12.5. The molecule has 1 aliphatic carbocycles. The van der Waals surface area contributed by atoms with Crippen LogP contribution in [-0.4, -0.2) is 32.9 Å². The molecule has 0 spiro atoms. The van der Waals surface area contributed by atoms with Gasteiger partial charge in [-0.25, -0.2) is 9.78 Å². The number of nitrogens with zero attached hydrogens (tertiary/aromatic N) is 3. The summed E-state index contributed by atoms with van der Waals surface area (Å²) < 4.78 is 7.37. The van der Waals surface area contributed by atoms with Gasteiger partial charge in [-0.05, 0) is 44.9 Å². The minimum Gasteiger partial charge on any atom is -0.453 e. The van der Waals surface area contributed by atoms with Gasteiger partial charge in [0.1, 0.15) is 0 Å². The molecule has 2 heterocycles. The van der Waals surface area contributed by atoms with Crippen molar-refractivity contribution in [3.05, 3.63) is 59.2 Å². The highest BCUT2D eigenvalue weighted by atomic mass is 16.5. The number of aromatic nitrogens is 3. The van der Waals surface area contributed by atoms with E-state index >= 15 is 0 Å². The summed E-state index contributed by atoms with van der Waals surface area (Å²) in [6.45, 7) is 3.64. The lowest BCUT2D eigenvalue weighted by molar-refractivity contribution is 0.0468. The molecule has 0 amide bonds. The zero-order valence-corrected chi connectivity index (χ0v) is 14.7. The molecule has 6 heteroatoms. The maximum Gasteiger partial charge on any atom is 0.359 e. The Labute approximate surface area is 150 Å². The number of hydrogen-bond acceptors (Lipinski definition) is 5. The van der Waals surface area contributed by atoms with Gasteiger partial charge in [0, 0.05) is 23.0 Å². The van der Waals surface area contributed by atoms with E-state index in [-0.39, 0.29) is 18.1 Å². The minimum atomic E-state index is -0.646. The quantitative estimate of drug-likeness (QED) is 0.521. The molecule has 26 heavy (non-hydrogen) atoms.